The fourth-order valence-corrected chi connectivity index (χ4v) is 6.57. The third-order valence-electron chi connectivity index (χ3n) is 7.91. The molecule has 1 saturated heterocycles. The molecular weight excluding hydrogens is 384 g/mol. The minimum Gasteiger partial charge on any atom is -0.274 e. The number of anilines is 1. The Morgan fingerprint density at radius 3 is 1.52 bits per heavy atom. The van der Waals surface area contributed by atoms with Crippen molar-refractivity contribution in [2.24, 2.45) is 11.8 Å². The predicted octanol–water partition coefficient (Wildman–Crippen LogP) is 4.30. The summed E-state index contributed by atoms with van der Waals surface area (Å²) in [6, 6.07) is 25.4. The molecule has 3 aromatic carbocycles. The number of benzene rings is 3. The number of carbonyl (C=O) groups is 2. The quantitative estimate of drug-likeness (QED) is 0.568. The lowest BCUT2D eigenvalue weighted by atomic mass is 9.42. The molecule has 0 radical (unpaired) electrons. The van der Waals surface area contributed by atoms with Gasteiger partial charge in [0, 0.05) is 10.8 Å². The largest absolute Gasteiger partial charge is 0.274 e. The lowest BCUT2D eigenvalue weighted by molar-refractivity contribution is -0.124. The Morgan fingerprint density at radius 2 is 1.10 bits per heavy atom. The first kappa shape index (κ1) is 18.1. The highest BCUT2D eigenvalue weighted by Gasteiger charge is 2.70. The van der Waals surface area contributed by atoms with Gasteiger partial charge >= 0.3 is 0 Å². The van der Waals surface area contributed by atoms with E-state index >= 15 is 0 Å². The van der Waals surface area contributed by atoms with Crippen LogP contribution in [0.3, 0.4) is 0 Å². The van der Waals surface area contributed by atoms with Crippen LogP contribution < -0.4 is 4.90 Å². The summed E-state index contributed by atoms with van der Waals surface area (Å²) in [5.41, 5.74) is 3.97. The maximum atomic E-state index is 14.0. The molecule has 2 bridgehead atoms. The van der Waals surface area contributed by atoms with Crippen molar-refractivity contribution in [3.05, 3.63) is 101 Å². The molecule has 4 heteroatoms. The predicted molar refractivity (Wildman–Crippen MR) is 116 cm³/mol. The second-order valence-corrected chi connectivity index (χ2v) is 9.09. The van der Waals surface area contributed by atoms with Gasteiger partial charge in [0.05, 0.1) is 23.1 Å². The number of imide groups is 1. The minimum absolute atomic E-state index is 0.213. The maximum Gasteiger partial charge on any atom is 0.239 e. The van der Waals surface area contributed by atoms with Crippen LogP contribution in [0.4, 0.5) is 5.69 Å². The molecule has 4 aliphatic rings. The van der Waals surface area contributed by atoms with Crippen molar-refractivity contribution in [1.82, 2.24) is 0 Å². The lowest BCUT2D eigenvalue weighted by Crippen LogP contribution is -2.59. The fourth-order valence-electron chi connectivity index (χ4n) is 6.57. The number of para-hydroxylation sites is 1. The number of carbonyl (C=O) groups excluding carboxylic acids is 2. The molecular formula is C27H20N2O2. The number of hydrogen-bond acceptors (Lipinski definition) is 3. The zero-order valence-corrected chi connectivity index (χ0v) is 17.3. The van der Waals surface area contributed by atoms with Crippen molar-refractivity contribution in [2.75, 3.05) is 4.90 Å². The van der Waals surface area contributed by atoms with Crippen molar-refractivity contribution in [3.8, 4) is 6.07 Å². The summed E-state index contributed by atoms with van der Waals surface area (Å²) in [6.45, 7) is 4.21. The highest BCUT2D eigenvalue weighted by atomic mass is 16.2. The molecule has 0 aromatic heterocycles. The molecule has 4 nitrogen and oxygen atoms in total. The van der Waals surface area contributed by atoms with Crippen LogP contribution in [0.15, 0.2) is 72.8 Å². The number of nitrogens with zero attached hydrogens (tertiary/aromatic N) is 2. The average Bonchev–Trinajstić information content (AvgIpc) is 3.08. The van der Waals surface area contributed by atoms with Gasteiger partial charge in [-0.2, -0.15) is 5.26 Å². The summed E-state index contributed by atoms with van der Waals surface area (Å²) in [6.07, 6.45) is 0. The molecule has 0 N–H and O–H groups in total. The standard InChI is InChI=1S/C27H20N2O2/c1-26-17-10-4-6-12-19(17)27(2,20-13-7-5-11-18(20)26)23-22(26)24(30)29(25(23)31)21-14-8-3-9-16(21)15-28/h3-14,22-23H,1-2H3. The second-order valence-electron chi connectivity index (χ2n) is 9.09. The molecule has 2 unspecified atom stereocenters. The van der Waals surface area contributed by atoms with Crippen LogP contribution >= 0.6 is 0 Å². The normalized spacial score (nSPS) is 29.9. The average molecular weight is 404 g/mol. The van der Waals surface area contributed by atoms with Crippen LogP contribution in [0.25, 0.3) is 0 Å². The highest BCUT2D eigenvalue weighted by Crippen LogP contribution is 2.66. The monoisotopic (exact) mass is 404 g/mol. The Hall–Kier alpha value is -3.71. The summed E-state index contributed by atoms with van der Waals surface area (Å²) in [7, 11) is 0. The van der Waals surface area contributed by atoms with Crippen LogP contribution in [-0.4, -0.2) is 11.8 Å². The van der Waals surface area contributed by atoms with E-state index in [0.717, 1.165) is 22.3 Å². The van der Waals surface area contributed by atoms with E-state index in [1.165, 1.54) is 4.90 Å². The van der Waals surface area contributed by atoms with Crippen molar-refractivity contribution in [3.63, 3.8) is 0 Å². The Kier molecular flexibility index (Phi) is 3.33. The number of nitriles is 1. The second kappa shape index (κ2) is 5.70. The Bertz CT molecular complexity index is 1230. The summed E-state index contributed by atoms with van der Waals surface area (Å²) < 4.78 is 0. The fraction of sp³-hybridized carbons (Fsp3) is 0.222. The van der Waals surface area contributed by atoms with Crippen molar-refractivity contribution in [1.29, 1.82) is 5.26 Å². The molecule has 3 aliphatic carbocycles. The van der Waals surface area contributed by atoms with E-state index in [-0.39, 0.29) is 11.8 Å². The number of amides is 2. The SMILES string of the molecule is CC12c3ccccc3C(C)(c3ccccc31)C1C(=O)N(c3ccccc3C#N)C(=O)C12. The van der Waals surface area contributed by atoms with Gasteiger partial charge in [-0.05, 0) is 34.4 Å². The van der Waals surface area contributed by atoms with E-state index < -0.39 is 22.7 Å². The molecule has 1 heterocycles. The molecule has 7 rings (SSSR count). The van der Waals surface area contributed by atoms with Gasteiger partial charge in [-0.15, -0.1) is 0 Å². The summed E-state index contributed by atoms with van der Waals surface area (Å²) in [5.74, 6) is -1.45. The first-order chi connectivity index (χ1) is 15.0. The first-order valence-electron chi connectivity index (χ1n) is 10.5. The minimum atomic E-state index is -0.612. The van der Waals surface area contributed by atoms with Crippen LogP contribution in [0.2, 0.25) is 0 Å². The molecule has 150 valence electrons. The summed E-state index contributed by atoms with van der Waals surface area (Å²) in [4.78, 5) is 29.2. The lowest BCUT2D eigenvalue weighted by Gasteiger charge is -2.57. The summed E-state index contributed by atoms with van der Waals surface area (Å²) >= 11 is 0. The zero-order chi connectivity index (χ0) is 21.5. The zero-order valence-electron chi connectivity index (χ0n) is 17.3. The van der Waals surface area contributed by atoms with Gasteiger partial charge < -0.3 is 0 Å². The van der Waals surface area contributed by atoms with E-state index in [1.807, 2.05) is 24.3 Å². The van der Waals surface area contributed by atoms with Crippen molar-refractivity contribution >= 4 is 17.5 Å². The van der Waals surface area contributed by atoms with Crippen LogP contribution in [0.1, 0.15) is 41.7 Å². The summed E-state index contributed by atoms with van der Waals surface area (Å²) in [5, 5.41) is 9.61. The topological polar surface area (TPSA) is 61.2 Å². The first-order valence-corrected chi connectivity index (χ1v) is 10.5. The molecule has 1 aliphatic heterocycles. The van der Waals surface area contributed by atoms with Crippen LogP contribution in [0, 0.1) is 23.2 Å². The Morgan fingerprint density at radius 1 is 0.710 bits per heavy atom. The molecule has 31 heavy (non-hydrogen) atoms. The third kappa shape index (κ3) is 1.86. The molecule has 0 spiro atoms. The van der Waals surface area contributed by atoms with E-state index in [2.05, 4.69) is 44.2 Å². The van der Waals surface area contributed by atoms with Crippen LogP contribution in [-0.2, 0) is 20.4 Å². The number of rotatable bonds is 1. The van der Waals surface area contributed by atoms with Crippen LogP contribution in [0.5, 0.6) is 0 Å². The highest BCUT2D eigenvalue weighted by molar-refractivity contribution is 6.24. The molecule has 2 atom stereocenters. The smallest absolute Gasteiger partial charge is 0.239 e. The maximum absolute atomic E-state index is 14.0. The Balaban J connectivity index is 1.68. The molecule has 1 fully saturated rings. The van der Waals surface area contributed by atoms with Gasteiger partial charge in [0.15, 0.2) is 0 Å². The van der Waals surface area contributed by atoms with E-state index in [9.17, 15) is 14.9 Å². The van der Waals surface area contributed by atoms with Gasteiger partial charge in [0.1, 0.15) is 6.07 Å². The van der Waals surface area contributed by atoms with Gasteiger partial charge in [-0.3, -0.25) is 9.59 Å². The van der Waals surface area contributed by atoms with E-state index in [0.29, 0.717) is 11.3 Å². The van der Waals surface area contributed by atoms with Crippen molar-refractivity contribution in [2.45, 2.75) is 24.7 Å². The molecule has 2 amide bonds. The molecule has 3 aromatic rings. The van der Waals surface area contributed by atoms with Gasteiger partial charge in [0.25, 0.3) is 0 Å². The van der Waals surface area contributed by atoms with Gasteiger partial charge in [-0.25, -0.2) is 4.90 Å². The van der Waals surface area contributed by atoms with Gasteiger partial charge in [0.2, 0.25) is 11.8 Å². The van der Waals surface area contributed by atoms with Gasteiger partial charge in [-0.1, -0.05) is 74.5 Å². The third-order valence-corrected chi connectivity index (χ3v) is 7.91. The number of hydrogen-bond donors (Lipinski definition) is 0. The van der Waals surface area contributed by atoms with Crippen molar-refractivity contribution < 1.29 is 9.59 Å². The van der Waals surface area contributed by atoms with E-state index in [1.54, 1.807) is 24.3 Å². The molecule has 0 saturated carbocycles. The Labute approximate surface area is 180 Å². The van der Waals surface area contributed by atoms with E-state index in [4.69, 9.17) is 0 Å².